The third-order valence-corrected chi connectivity index (χ3v) is 2.47. The number of hydrogen-bond acceptors (Lipinski definition) is 6. The summed E-state index contributed by atoms with van der Waals surface area (Å²) in [5.41, 5.74) is 0. The molecule has 0 aromatic carbocycles. The summed E-state index contributed by atoms with van der Waals surface area (Å²) in [7, 11) is -3.40. The molecule has 0 aliphatic carbocycles. The first-order chi connectivity index (χ1) is 5.62. The van der Waals surface area contributed by atoms with Gasteiger partial charge in [0, 0.05) is 0 Å². The van der Waals surface area contributed by atoms with Crippen LogP contribution in [0.2, 0.25) is 0 Å². The Morgan fingerprint density at radius 2 is 1.58 bits per heavy atom. The minimum atomic E-state index is -3.40. The molecular formula is C3H8N4O4S. The molecule has 12 heavy (non-hydrogen) atoms. The first-order valence-electron chi connectivity index (χ1n) is 3.23. The van der Waals surface area contributed by atoms with Crippen LogP contribution in [-0.4, -0.2) is 27.8 Å². The van der Waals surface area contributed by atoms with Crippen LogP contribution in [0.4, 0.5) is 0 Å². The maximum Gasteiger partial charge on any atom is 0.350 e. The second-order valence-electron chi connectivity index (χ2n) is 2.28. The highest BCUT2D eigenvalue weighted by molar-refractivity contribution is 7.87. The van der Waals surface area contributed by atoms with Gasteiger partial charge in [0.25, 0.3) is 10.2 Å². The Balaban J connectivity index is 1.98. The minimum absolute atomic E-state index is 0.0301. The summed E-state index contributed by atoms with van der Waals surface area (Å²) in [6, 6.07) is -1.02. The van der Waals surface area contributed by atoms with E-state index in [1.54, 1.807) is 0 Å². The van der Waals surface area contributed by atoms with Gasteiger partial charge in [0.1, 0.15) is 0 Å². The largest absolute Gasteiger partial charge is 0.350 e. The van der Waals surface area contributed by atoms with Crippen molar-refractivity contribution in [1.82, 2.24) is 20.1 Å². The Labute approximate surface area is 68.7 Å². The molecule has 0 bridgehead atoms. The third kappa shape index (κ3) is 1.72. The van der Waals surface area contributed by atoms with E-state index < -0.39 is 16.2 Å². The van der Waals surface area contributed by atoms with Gasteiger partial charge in [-0.1, -0.05) is 0 Å². The lowest BCUT2D eigenvalue weighted by molar-refractivity contribution is 0.0850. The molecule has 1 spiro atoms. The molecule has 0 radical (unpaired) electrons. The van der Waals surface area contributed by atoms with E-state index in [1.165, 1.54) is 0 Å². The van der Waals surface area contributed by atoms with Crippen molar-refractivity contribution in [3.05, 3.63) is 0 Å². The average molecular weight is 196 g/mol. The van der Waals surface area contributed by atoms with E-state index in [4.69, 9.17) is 0 Å². The van der Waals surface area contributed by atoms with Crippen LogP contribution in [0.1, 0.15) is 0 Å². The van der Waals surface area contributed by atoms with Gasteiger partial charge in [-0.05, 0) is 0 Å². The summed E-state index contributed by atoms with van der Waals surface area (Å²) in [4.78, 5) is 9.09. The molecule has 2 fully saturated rings. The van der Waals surface area contributed by atoms with E-state index in [1.807, 2.05) is 0 Å². The Morgan fingerprint density at radius 3 is 2.00 bits per heavy atom. The maximum atomic E-state index is 10.9. The predicted molar refractivity (Wildman–Crippen MR) is 36.1 cm³/mol. The zero-order valence-corrected chi connectivity index (χ0v) is 6.77. The van der Waals surface area contributed by atoms with Gasteiger partial charge in [-0.15, -0.1) is 0 Å². The molecule has 70 valence electrons. The molecule has 8 nitrogen and oxygen atoms in total. The fourth-order valence-electron chi connectivity index (χ4n) is 0.768. The zero-order chi connectivity index (χ0) is 8.66. The van der Waals surface area contributed by atoms with Crippen molar-refractivity contribution in [3.63, 3.8) is 0 Å². The second kappa shape index (κ2) is 2.60. The molecule has 2 aliphatic rings. The molecule has 0 aromatic heterocycles. The van der Waals surface area contributed by atoms with Gasteiger partial charge in [0.15, 0.2) is 0 Å². The molecule has 0 saturated carbocycles. The molecule has 2 saturated heterocycles. The molecule has 0 amide bonds. The van der Waals surface area contributed by atoms with Gasteiger partial charge < -0.3 is 0 Å². The fraction of sp³-hybridized carbons (Fsp3) is 1.00. The molecular weight excluding hydrogens is 188 g/mol. The van der Waals surface area contributed by atoms with Crippen molar-refractivity contribution in [2.45, 2.75) is 6.03 Å². The van der Waals surface area contributed by atoms with Crippen LogP contribution in [0.3, 0.4) is 0 Å². The lowest BCUT2D eigenvalue weighted by Crippen LogP contribution is -2.58. The van der Waals surface area contributed by atoms with Gasteiger partial charge in [0.2, 0.25) is 0 Å². The van der Waals surface area contributed by atoms with Gasteiger partial charge in [-0.2, -0.15) is 27.6 Å². The summed E-state index contributed by atoms with van der Waals surface area (Å²) >= 11 is 0. The van der Waals surface area contributed by atoms with E-state index in [-0.39, 0.29) is 13.3 Å². The highest BCUT2D eigenvalue weighted by Crippen LogP contribution is 2.21. The van der Waals surface area contributed by atoms with Crippen molar-refractivity contribution in [1.29, 1.82) is 0 Å². The minimum Gasteiger partial charge on any atom is -0.234 e. The van der Waals surface area contributed by atoms with E-state index in [0.717, 1.165) is 0 Å². The standard InChI is InChI=1S/C3H8N4O4S/c8-12(9)6-1-4-3(10-11-3)5-2-7-12/h4-7H,1-2H2. The molecule has 2 heterocycles. The van der Waals surface area contributed by atoms with Crippen molar-refractivity contribution in [2.24, 2.45) is 0 Å². The van der Waals surface area contributed by atoms with Crippen LogP contribution < -0.4 is 20.1 Å². The number of hydrogen-bond donors (Lipinski definition) is 4. The van der Waals surface area contributed by atoms with E-state index in [0.29, 0.717) is 0 Å². The Bertz CT molecular complexity index is 254. The second-order valence-corrected chi connectivity index (χ2v) is 3.87. The van der Waals surface area contributed by atoms with Gasteiger partial charge >= 0.3 is 6.03 Å². The number of rotatable bonds is 0. The molecule has 0 atom stereocenters. The van der Waals surface area contributed by atoms with Gasteiger partial charge in [-0.25, -0.2) is 10.6 Å². The molecule has 4 N–H and O–H groups in total. The maximum absolute atomic E-state index is 10.9. The van der Waals surface area contributed by atoms with Crippen LogP contribution >= 0.6 is 0 Å². The average Bonchev–Trinajstić information content (AvgIpc) is 2.65. The molecule has 0 unspecified atom stereocenters. The first-order valence-corrected chi connectivity index (χ1v) is 4.71. The quantitative estimate of drug-likeness (QED) is 0.244. The summed E-state index contributed by atoms with van der Waals surface area (Å²) < 4.78 is 26.2. The van der Waals surface area contributed by atoms with Crippen LogP contribution in [0, 0.1) is 0 Å². The molecule has 2 rings (SSSR count). The molecule has 2 aliphatic heterocycles. The smallest absolute Gasteiger partial charge is 0.234 e. The molecule has 9 heteroatoms. The van der Waals surface area contributed by atoms with Crippen LogP contribution in [0.15, 0.2) is 0 Å². The zero-order valence-electron chi connectivity index (χ0n) is 5.96. The van der Waals surface area contributed by atoms with Crippen molar-refractivity contribution < 1.29 is 18.2 Å². The van der Waals surface area contributed by atoms with E-state index in [2.05, 4.69) is 29.9 Å². The van der Waals surface area contributed by atoms with Crippen LogP contribution in [0.25, 0.3) is 0 Å². The first kappa shape index (κ1) is 8.31. The summed E-state index contributed by atoms with van der Waals surface area (Å²) in [5.74, 6) is 0. The summed E-state index contributed by atoms with van der Waals surface area (Å²) in [5, 5.41) is 5.28. The Kier molecular flexibility index (Phi) is 1.80. The lowest BCUT2D eigenvalue weighted by atomic mass is 10.8. The highest BCUT2D eigenvalue weighted by atomic mass is 32.2. The van der Waals surface area contributed by atoms with Crippen molar-refractivity contribution >= 4 is 10.2 Å². The lowest BCUT2D eigenvalue weighted by Gasteiger charge is -2.16. The topological polar surface area (TPSA) is 107 Å². The SMILES string of the molecule is O=S1(=O)NCNC2(NCN1)OO2. The monoisotopic (exact) mass is 196 g/mol. The predicted octanol–water partition coefficient (Wildman–Crippen LogP) is -2.91. The molecule has 0 aromatic rings. The Hall–Kier alpha value is -0.290. The van der Waals surface area contributed by atoms with E-state index in [9.17, 15) is 8.42 Å². The van der Waals surface area contributed by atoms with Gasteiger partial charge in [0.05, 0.1) is 13.3 Å². The van der Waals surface area contributed by atoms with Crippen LogP contribution in [0.5, 0.6) is 0 Å². The van der Waals surface area contributed by atoms with Gasteiger partial charge in [-0.3, -0.25) is 0 Å². The normalized spacial score (nSPS) is 32.3. The summed E-state index contributed by atoms with van der Waals surface area (Å²) in [6.07, 6.45) is 0. The third-order valence-electron chi connectivity index (χ3n) is 1.42. The van der Waals surface area contributed by atoms with Crippen LogP contribution in [-0.2, 0) is 20.0 Å². The van der Waals surface area contributed by atoms with Crippen molar-refractivity contribution in [3.8, 4) is 0 Å². The number of nitrogens with one attached hydrogen (secondary N) is 4. The summed E-state index contributed by atoms with van der Waals surface area (Å²) in [6.45, 7) is 0.0602. The van der Waals surface area contributed by atoms with Crippen molar-refractivity contribution in [2.75, 3.05) is 13.3 Å². The highest BCUT2D eigenvalue weighted by Gasteiger charge is 2.49. The van der Waals surface area contributed by atoms with E-state index >= 15 is 0 Å². The fourth-order valence-corrected chi connectivity index (χ4v) is 1.39. The Morgan fingerprint density at radius 1 is 1.08 bits per heavy atom.